The van der Waals surface area contributed by atoms with Crippen molar-refractivity contribution in [3.05, 3.63) is 49.3 Å². The van der Waals surface area contributed by atoms with E-state index in [1.165, 1.54) is 29.1 Å². The first-order valence-corrected chi connectivity index (χ1v) is 7.38. The van der Waals surface area contributed by atoms with Crippen LogP contribution in [0.3, 0.4) is 0 Å². The van der Waals surface area contributed by atoms with Crippen LogP contribution in [-0.4, -0.2) is 9.91 Å². The molecule has 2 aromatic heterocycles. The van der Waals surface area contributed by atoms with Crippen molar-refractivity contribution in [3.8, 4) is 6.07 Å². The summed E-state index contributed by atoms with van der Waals surface area (Å²) in [7, 11) is 0. The Hall–Kier alpha value is -2.46. The van der Waals surface area contributed by atoms with Crippen LogP contribution in [0.5, 0.6) is 0 Å². The summed E-state index contributed by atoms with van der Waals surface area (Å²) in [6.07, 6.45) is 4.87. The van der Waals surface area contributed by atoms with Crippen LogP contribution in [0.15, 0.2) is 18.3 Å². The van der Waals surface area contributed by atoms with Crippen LogP contribution >= 0.6 is 11.3 Å². The van der Waals surface area contributed by atoms with E-state index in [1.54, 1.807) is 11.3 Å². The number of pyridine rings is 1. The molecule has 0 unspecified atom stereocenters. The van der Waals surface area contributed by atoms with E-state index < -0.39 is 4.92 Å². The normalized spacial score (nSPS) is 12.7. The van der Waals surface area contributed by atoms with Gasteiger partial charge in [0, 0.05) is 16.0 Å². The van der Waals surface area contributed by atoms with Crippen LogP contribution in [0.2, 0.25) is 0 Å². The maximum absolute atomic E-state index is 11.1. The lowest BCUT2D eigenvalue weighted by Gasteiger charge is -2.05. The summed E-state index contributed by atoms with van der Waals surface area (Å²) >= 11 is 1.74. The van der Waals surface area contributed by atoms with Gasteiger partial charge in [-0.1, -0.05) is 0 Å². The molecule has 6 nitrogen and oxygen atoms in total. The molecule has 0 amide bonds. The Morgan fingerprint density at radius 2 is 2.38 bits per heavy atom. The molecule has 0 aliphatic heterocycles. The van der Waals surface area contributed by atoms with Gasteiger partial charge >= 0.3 is 5.69 Å². The van der Waals surface area contributed by atoms with Crippen LogP contribution < -0.4 is 5.32 Å². The molecule has 1 N–H and O–H groups in total. The molecule has 2 heterocycles. The minimum atomic E-state index is -0.567. The molecule has 1 aliphatic carbocycles. The number of nitriles is 1. The topological polar surface area (TPSA) is 91.8 Å². The van der Waals surface area contributed by atoms with Crippen molar-refractivity contribution >= 4 is 22.8 Å². The number of aryl methyl sites for hydroxylation is 2. The Morgan fingerprint density at radius 1 is 1.52 bits per heavy atom. The molecule has 106 valence electrons. The number of hydrogen-bond donors (Lipinski definition) is 1. The molecule has 0 aromatic carbocycles. The molecule has 3 rings (SSSR count). The van der Waals surface area contributed by atoms with Gasteiger partial charge in [0.15, 0.2) is 0 Å². The standard InChI is InChI=1S/C14H12N4O2S/c15-7-10-4-5-16-14(13(10)18(19)20)17-8-11-6-9-2-1-3-12(9)21-11/h4-6H,1-3,8H2,(H,16,17). The minimum absolute atomic E-state index is 0.0196. The summed E-state index contributed by atoms with van der Waals surface area (Å²) in [6.45, 7) is 0.486. The van der Waals surface area contributed by atoms with Crippen LogP contribution in [0.4, 0.5) is 11.5 Å². The number of nitro groups is 1. The minimum Gasteiger partial charge on any atom is -0.359 e. The molecule has 2 aromatic rings. The fourth-order valence-corrected chi connectivity index (χ4v) is 3.71. The highest BCUT2D eigenvalue weighted by molar-refractivity contribution is 7.12. The van der Waals surface area contributed by atoms with Crippen LogP contribution in [0.25, 0.3) is 0 Å². The summed E-state index contributed by atoms with van der Waals surface area (Å²) in [5.74, 6) is 0.146. The van der Waals surface area contributed by atoms with Crippen LogP contribution in [0.1, 0.15) is 27.3 Å². The molecule has 0 saturated heterocycles. The highest BCUT2D eigenvalue weighted by atomic mass is 32.1. The molecular formula is C14H12N4O2S. The SMILES string of the molecule is N#Cc1ccnc(NCc2cc3c(s2)CCC3)c1[N+](=O)[O-]. The van der Waals surface area contributed by atoms with E-state index in [2.05, 4.69) is 16.4 Å². The fourth-order valence-electron chi connectivity index (χ4n) is 2.51. The molecule has 21 heavy (non-hydrogen) atoms. The molecule has 0 radical (unpaired) electrons. The molecule has 1 aliphatic rings. The van der Waals surface area contributed by atoms with Gasteiger partial charge in [-0.15, -0.1) is 11.3 Å². The Kier molecular flexibility index (Phi) is 3.54. The Balaban J connectivity index is 1.81. The largest absolute Gasteiger partial charge is 0.359 e. The lowest BCUT2D eigenvalue weighted by molar-refractivity contribution is -0.384. The van der Waals surface area contributed by atoms with Crippen molar-refractivity contribution < 1.29 is 4.92 Å². The smallest absolute Gasteiger partial charge is 0.328 e. The van der Waals surface area contributed by atoms with Gasteiger partial charge in [-0.05, 0) is 37.0 Å². The highest BCUT2D eigenvalue weighted by Gasteiger charge is 2.21. The molecular weight excluding hydrogens is 288 g/mol. The third kappa shape index (κ3) is 2.58. The summed E-state index contributed by atoms with van der Waals surface area (Å²) in [5.41, 5.74) is 1.15. The average molecular weight is 300 g/mol. The average Bonchev–Trinajstić information content (AvgIpc) is 3.05. The number of nitrogens with zero attached hydrogens (tertiary/aromatic N) is 3. The predicted molar refractivity (Wildman–Crippen MR) is 79.3 cm³/mol. The lowest BCUT2D eigenvalue weighted by Crippen LogP contribution is -2.05. The zero-order chi connectivity index (χ0) is 14.8. The number of nitrogens with one attached hydrogen (secondary N) is 1. The molecule has 0 atom stereocenters. The van der Waals surface area contributed by atoms with Gasteiger partial charge < -0.3 is 5.32 Å². The third-order valence-corrected chi connectivity index (χ3v) is 4.69. The Morgan fingerprint density at radius 3 is 3.10 bits per heavy atom. The molecule has 0 fully saturated rings. The number of thiophene rings is 1. The monoisotopic (exact) mass is 300 g/mol. The zero-order valence-electron chi connectivity index (χ0n) is 11.1. The van der Waals surface area contributed by atoms with Crippen molar-refractivity contribution in [2.75, 3.05) is 5.32 Å². The van der Waals surface area contributed by atoms with Crippen molar-refractivity contribution in [1.82, 2.24) is 4.98 Å². The first kappa shape index (κ1) is 13.5. The van der Waals surface area contributed by atoms with Crippen molar-refractivity contribution in [2.24, 2.45) is 0 Å². The maximum atomic E-state index is 11.1. The molecule has 0 spiro atoms. The maximum Gasteiger partial charge on any atom is 0.328 e. The first-order valence-electron chi connectivity index (χ1n) is 6.57. The predicted octanol–water partition coefficient (Wildman–Crippen LogP) is 3.02. The quantitative estimate of drug-likeness (QED) is 0.692. The summed E-state index contributed by atoms with van der Waals surface area (Å²) < 4.78 is 0. The molecule has 0 bridgehead atoms. The van der Waals surface area contributed by atoms with E-state index >= 15 is 0 Å². The first-order chi connectivity index (χ1) is 10.2. The van der Waals surface area contributed by atoms with E-state index in [9.17, 15) is 10.1 Å². The summed E-state index contributed by atoms with van der Waals surface area (Å²) in [4.78, 5) is 17.1. The van der Waals surface area contributed by atoms with Crippen molar-refractivity contribution in [2.45, 2.75) is 25.8 Å². The molecule has 7 heteroatoms. The number of anilines is 1. The summed E-state index contributed by atoms with van der Waals surface area (Å²) in [6, 6.07) is 5.33. The van der Waals surface area contributed by atoms with Gasteiger partial charge in [0.1, 0.15) is 11.6 Å². The Labute approximate surface area is 125 Å². The number of hydrogen-bond acceptors (Lipinski definition) is 6. The summed E-state index contributed by atoms with van der Waals surface area (Å²) in [5, 5.41) is 23.0. The van der Waals surface area contributed by atoms with E-state index in [1.807, 2.05) is 6.07 Å². The number of rotatable bonds is 4. The lowest BCUT2D eigenvalue weighted by atomic mass is 10.2. The van der Waals surface area contributed by atoms with Gasteiger partial charge in [-0.3, -0.25) is 10.1 Å². The zero-order valence-corrected chi connectivity index (χ0v) is 11.9. The second-order valence-corrected chi connectivity index (χ2v) is 6.01. The van der Waals surface area contributed by atoms with E-state index in [0.29, 0.717) is 6.54 Å². The van der Waals surface area contributed by atoms with Gasteiger partial charge in [0.2, 0.25) is 5.82 Å². The van der Waals surface area contributed by atoms with Crippen LogP contribution in [0, 0.1) is 21.4 Å². The van der Waals surface area contributed by atoms with Gasteiger partial charge in [0.05, 0.1) is 11.5 Å². The van der Waals surface area contributed by atoms with Gasteiger partial charge in [-0.25, -0.2) is 4.98 Å². The van der Waals surface area contributed by atoms with Gasteiger partial charge in [-0.2, -0.15) is 5.26 Å². The van der Waals surface area contributed by atoms with Crippen molar-refractivity contribution in [1.29, 1.82) is 5.26 Å². The van der Waals surface area contributed by atoms with Crippen molar-refractivity contribution in [3.63, 3.8) is 0 Å². The second kappa shape index (κ2) is 5.50. The molecule has 0 saturated carbocycles. The van der Waals surface area contributed by atoms with E-state index in [4.69, 9.17) is 5.26 Å². The fraction of sp³-hybridized carbons (Fsp3) is 0.286. The van der Waals surface area contributed by atoms with Gasteiger partial charge in [0.25, 0.3) is 0 Å². The van der Waals surface area contributed by atoms with E-state index in [0.717, 1.165) is 17.7 Å². The second-order valence-electron chi connectivity index (χ2n) is 4.79. The van der Waals surface area contributed by atoms with Crippen LogP contribution in [-0.2, 0) is 19.4 Å². The highest BCUT2D eigenvalue weighted by Crippen LogP contribution is 2.32. The van der Waals surface area contributed by atoms with E-state index in [-0.39, 0.29) is 17.1 Å². The Bertz CT molecular complexity index is 726. The third-order valence-electron chi connectivity index (χ3n) is 3.45. The number of aromatic nitrogens is 1. The number of fused-ring (bicyclic) bond motifs is 1.